The van der Waals surface area contributed by atoms with E-state index in [9.17, 15) is 14.4 Å². The van der Waals surface area contributed by atoms with E-state index in [1.165, 1.54) is 0 Å². The summed E-state index contributed by atoms with van der Waals surface area (Å²) < 4.78 is 0. The van der Waals surface area contributed by atoms with Gasteiger partial charge in [-0.25, -0.2) is 4.79 Å². The van der Waals surface area contributed by atoms with Crippen molar-refractivity contribution in [3.05, 3.63) is 70.1 Å². The first-order valence-corrected chi connectivity index (χ1v) is 9.69. The molecule has 0 spiro atoms. The Balaban J connectivity index is 1.66. The van der Waals surface area contributed by atoms with Gasteiger partial charge in [0.25, 0.3) is 0 Å². The van der Waals surface area contributed by atoms with Crippen molar-refractivity contribution in [2.75, 3.05) is 0 Å². The number of rotatable bonds is 7. The first-order valence-electron chi connectivity index (χ1n) is 9.69. The van der Waals surface area contributed by atoms with E-state index in [2.05, 4.69) is 20.6 Å². The fourth-order valence-electron chi connectivity index (χ4n) is 3.25. The van der Waals surface area contributed by atoms with E-state index in [0.29, 0.717) is 11.0 Å². The van der Waals surface area contributed by atoms with Crippen LogP contribution >= 0.6 is 0 Å². The van der Waals surface area contributed by atoms with Gasteiger partial charge < -0.3 is 20.6 Å². The zero-order chi connectivity index (χ0) is 21.0. The largest absolute Gasteiger partial charge is 0.348 e. The standard InChI is InChI=1S/C22H26N4O3/c1-13(2)20(26-19(27)11-15-7-5-4-6-8-15)21(28)23-14(3)16-9-10-17-18(12-16)25-22(29)24-17/h4-10,12-14,20H,11H2,1-3H3,(H,23,28)(H,26,27)(H2,24,25,29). The molecule has 0 fully saturated rings. The molecular formula is C22H26N4O3. The number of nitrogens with one attached hydrogen (secondary N) is 4. The molecule has 0 bridgehead atoms. The van der Waals surface area contributed by atoms with Crippen molar-refractivity contribution in [2.45, 2.75) is 39.3 Å². The quantitative estimate of drug-likeness (QED) is 0.494. The molecule has 0 aliphatic heterocycles. The number of amides is 2. The van der Waals surface area contributed by atoms with Crippen molar-refractivity contribution >= 4 is 22.8 Å². The molecule has 2 amide bonds. The minimum Gasteiger partial charge on any atom is -0.348 e. The first-order chi connectivity index (χ1) is 13.8. The second-order valence-corrected chi connectivity index (χ2v) is 7.57. The van der Waals surface area contributed by atoms with Crippen molar-refractivity contribution in [2.24, 2.45) is 5.92 Å². The average Bonchev–Trinajstić information content (AvgIpc) is 3.05. The van der Waals surface area contributed by atoms with Gasteiger partial charge in [-0.2, -0.15) is 0 Å². The van der Waals surface area contributed by atoms with Gasteiger partial charge in [0.1, 0.15) is 6.04 Å². The summed E-state index contributed by atoms with van der Waals surface area (Å²) in [4.78, 5) is 42.1. The van der Waals surface area contributed by atoms with Crippen molar-refractivity contribution in [3.63, 3.8) is 0 Å². The second kappa shape index (κ2) is 8.77. The average molecular weight is 394 g/mol. The van der Waals surface area contributed by atoms with E-state index in [0.717, 1.165) is 11.1 Å². The number of H-pyrrole nitrogens is 2. The number of carbonyl (C=O) groups is 2. The highest BCUT2D eigenvalue weighted by atomic mass is 16.2. The molecule has 7 nitrogen and oxygen atoms in total. The van der Waals surface area contributed by atoms with E-state index in [1.54, 1.807) is 6.07 Å². The number of carbonyl (C=O) groups excluding carboxylic acids is 2. The number of fused-ring (bicyclic) bond motifs is 1. The summed E-state index contributed by atoms with van der Waals surface area (Å²) in [5.74, 6) is -0.494. The molecule has 0 aliphatic rings. The van der Waals surface area contributed by atoms with E-state index in [1.807, 2.05) is 63.2 Å². The van der Waals surface area contributed by atoms with Crippen molar-refractivity contribution in [3.8, 4) is 0 Å². The number of benzene rings is 2. The predicted molar refractivity (Wildman–Crippen MR) is 112 cm³/mol. The fourth-order valence-corrected chi connectivity index (χ4v) is 3.25. The normalized spacial score (nSPS) is 13.2. The maximum absolute atomic E-state index is 12.8. The van der Waals surface area contributed by atoms with Crippen LogP contribution in [0.1, 0.15) is 37.9 Å². The Labute approximate surface area is 168 Å². The van der Waals surface area contributed by atoms with Crippen LogP contribution in [0.5, 0.6) is 0 Å². The molecule has 1 aromatic heterocycles. The Bertz CT molecular complexity index is 1050. The second-order valence-electron chi connectivity index (χ2n) is 7.57. The lowest BCUT2D eigenvalue weighted by molar-refractivity contribution is -0.130. The van der Waals surface area contributed by atoms with Gasteiger partial charge in [0, 0.05) is 0 Å². The summed E-state index contributed by atoms with van der Waals surface area (Å²) >= 11 is 0. The number of aromatic amines is 2. The van der Waals surface area contributed by atoms with Crippen LogP contribution in [0, 0.1) is 5.92 Å². The Morgan fingerprint density at radius 3 is 2.31 bits per heavy atom. The lowest BCUT2D eigenvalue weighted by Crippen LogP contribution is -2.50. The molecule has 0 radical (unpaired) electrons. The molecule has 0 saturated carbocycles. The monoisotopic (exact) mass is 394 g/mol. The van der Waals surface area contributed by atoms with E-state index in [-0.39, 0.29) is 35.9 Å². The molecule has 0 saturated heterocycles. The highest BCUT2D eigenvalue weighted by Gasteiger charge is 2.25. The SMILES string of the molecule is CC(NC(=O)C(NC(=O)Cc1ccccc1)C(C)C)c1ccc2[nH]c(=O)[nH]c2c1. The minimum absolute atomic E-state index is 0.0644. The fraction of sp³-hybridized carbons (Fsp3) is 0.318. The maximum atomic E-state index is 12.8. The molecule has 0 aliphatic carbocycles. The van der Waals surface area contributed by atoms with Crippen LogP contribution in [0.4, 0.5) is 0 Å². The van der Waals surface area contributed by atoms with Crippen LogP contribution in [0.25, 0.3) is 11.0 Å². The molecule has 2 unspecified atom stereocenters. The predicted octanol–water partition coefficient (Wildman–Crippen LogP) is 2.42. The summed E-state index contributed by atoms with van der Waals surface area (Å²) in [7, 11) is 0. The molecule has 152 valence electrons. The van der Waals surface area contributed by atoms with Crippen molar-refractivity contribution in [1.29, 1.82) is 0 Å². The number of hydrogen-bond donors (Lipinski definition) is 4. The Hall–Kier alpha value is -3.35. The van der Waals surface area contributed by atoms with Gasteiger partial charge in [0.2, 0.25) is 11.8 Å². The molecular weight excluding hydrogens is 368 g/mol. The lowest BCUT2D eigenvalue weighted by Gasteiger charge is -2.24. The minimum atomic E-state index is -0.635. The Morgan fingerprint density at radius 2 is 1.62 bits per heavy atom. The molecule has 7 heteroatoms. The summed E-state index contributed by atoms with van der Waals surface area (Å²) in [6, 6.07) is 14.0. The summed E-state index contributed by atoms with van der Waals surface area (Å²) in [6.07, 6.45) is 0.227. The zero-order valence-corrected chi connectivity index (χ0v) is 16.8. The van der Waals surface area contributed by atoms with Gasteiger partial charge in [-0.05, 0) is 36.1 Å². The van der Waals surface area contributed by atoms with Crippen LogP contribution in [-0.4, -0.2) is 27.8 Å². The van der Waals surface area contributed by atoms with Crippen LogP contribution in [0.2, 0.25) is 0 Å². The maximum Gasteiger partial charge on any atom is 0.323 e. The van der Waals surface area contributed by atoms with Gasteiger partial charge >= 0.3 is 5.69 Å². The van der Waals surface area contributed by atoms with Gasteiger partial charge in [-0.15, -0.1) is 0 Å². The molecule has 3 aromatic rings. The number of hydrogen-bond acceptors (Lipinski definition) is 3. The molecule has 2 aromatic carbocycles. The molecule has 1 heterocycles. The Kier molecular flexibility index (Phi) is 6.16. The van der Waals surface area contributed by atoms with E-state index in [4.69, 9.17) is 0 Å². The topological polar surface area (TPSA) is 107 Å². The van der Waals surface area contributed by atoms with E-state index >= 15 is 0 Å². The van der Waals surface area contributed by atoms with Gasteiger partial charge in [-0.1, -0.05) is 50.2 Å². The smallest absolute Gasteiger partial charge is 0.323 e. The van der Waals surface area contributed by atoms with Crippen LogP contribution in [0.3, 0.4) is 0 Å². The highest BCUT2D eigenvalue weighted by Crippen LogP contribution is 2.17. The van der Waals surface area contributed by atoms with Crippen LogP contribution < -0.4 is 16.3 Å². The summed E-state index contributed by atoms with van der Waals surface area (Å²) in [5.41, 5.74) is 2.89. The highest BCUT2D eigenvalue weighted by molar-refractivity contribution is 5.89. The Morgan fingerprint density at radius 1 is 0.931 bits per heavy atom. The molecule has 4 N–H and O–H groups in total. The number of aromatic nitrogens is 2. The van der Waals surface area contributed by atoms with Crippen LogP contribution in [-0.2, 0) is 16.0 Å². The third-order valence-electron chi connectivity index (χ3n) is 4.87. The van der Waals surface area contributed by atoms with Crippen molar-refractivity contribution < 1.29 is 9.59 Å². The van der Waals surface area contributed by atoms with Gasteiger partial charge in [0.15, 0.2) is 0 Å². The molecule has 3 rings (SSSR count). The zero-order valence-electron chi connectivity index (χ0n) is 16.8. The van der Waals surface area contributed by atoms with Gasteiger partial charge in [0.05, 0.1) is 23.5 Å². The van der Waals surface area contributed by atoms with Gasteiger partial charge in [-0.3, -0.25) is 9.59 Å². The van der Waals surface area contributed by atoms with E-state index < -0.39 is 6.04 Å². The van der Waals surface area contributed by atoms with Crippen LogP contribution in [0.15, 0.2) is 53.3 Å². The van der Waals surface area contributed by atoms with Crippen molar-refractivity contribution in [1.82, 2.24) is 20.6 Å². The first kappa shape index (κ1) is 20.4. The third kappa shape index (κ3) is 5.13. The summed E-state index contributed by atoms with van der Waals surface area (Å²) in [6.45, 7) is 5.66. The molecule has 2 atom stereocenters. The summed E-state index contributed by atoms with van der Waals surface area (Å²) in [5, 5.41) is 5.81. The number of imidazole rings is 1. The third-order valence-corrected chi connectivity index (χ3v) is 4.87. The lowest BCUT2D eigenvalue weighted by atomic mass is 10.0. The molecule has 29 heavy (non-hydrogen) atoms.